The van der Waals surface area contributed by atoms with Gasteiger partial charge in [-0.3, -0.25) is 15.7 Å². The lowest BCUT2D eigenvalue weighted by Crippen LogP contribution is -2.21. The second-order valence-electron chi connectivity index (χ2n) is 5.71. The molecule has 0 radical (unpaired) electrons. The number of fused-ring (bicyclic) bond motifs is 1. The van der Waals surface area contributed by atoms with E-state index < -0.39 is 0 Å². The van der Waals surface area contributed by atoms with Gasteiger partial charge in [0, 0.05) is 19.6 Å². The summed E-state index contributed by atoms with van der Waals surface area (Å²) < 4.78 is 0. The Morgan fingerprint density at radius 2 is 1.96 bits per heavy atom. The predicted molar refractivity (Wildman–Crippen MR) is 94.4 cm³/mol. The molecule has 0 bridgehead atoms. The topological polar surface area (TPSA) is 101 Å². The summed E-state index contributed by atoms with van der Waals surface area (Å²) in [5.74, 6) is -0.347. The van der Waals surface area contributed by atoms with Gasteiger partial charge in [-0.1, -0.05) is 36.4 Å². The van der Waals surface area contributed by atoms with Gasteiger partial charge in [0.25, 0.3) is 0 Å². The monoisotopic (exact) mass is 318 g/mol. The maximum absolute atomic E-state index is 8.86. The molecule has 1 aliphatic heterocycles. The van der Waals surface area contributed by atoms with Crippen LogP contribution in [0.4, 0.5) is 5.69 Å². The molecule has 6 heteroatoms. The number of hydrogen-bond donors (Lipinski definition) is 3. The van der Waals surface area contributed by atoms with Crippen molar-refractivity contribution in [3.05, 3.63) is 65.2 Å². The van der Waals surface area contributed by atoms with Crippen molar-refractivity contribution in [2.75, 3.05) is 5.43 Å². The minimum Gasteiger partial charge on any atom is -0.382 e. The SMILES string of the molecule is N#C/C(=N\Nc1ccc2c(c1)CN(Cc1ccccc1)C2)C(=N)N. The molecule has 0 amide bonds. The maximum Gasteiger partial charge on any atom is 0.201 e. The quantitative estimate of drug-likeness (QED) is 0.447. The molecule has 0 unspecified atom stereocenters. The average molecular weight is 318 g/mol. The van der Waals surface area contributed by atoms with E-state index in [0.717, 1.165) is 25.3 Å². The second kappa shape index (κ2) is 6.94. The molecule has 1 heterocycles. The van der Waals surface area contributed by atoms with Crippen LogP contribution < -0.4 is 11.2 Å². The molecule has 0 aliphatic carbocycles. The number of anilines is 1. The zero-order valence-electron chi connectivity index (χ0n) is 13.2. The number of nitrogens with two attached hydrogens (primary N) is 1. The molecule has 0 saturated heterocycles. The highest BCUT2D eigenvalue weighted by Crippen LogP contribution is 2.27. The van der Waals surface area contributed by atoms with E-state index in [1.807, 2.05) is 18.2 Å². The Morgan fingerprint density at radius 1 is 1.21 bits per heavy atom. The number of rotatable bonds is 5. The highest BCUT2D eigenvalue weighted by Gasteiger charge is 2.19. The van der Waals surface area contributed by atoms with Gasteiger partial charge in [-0.25, -0.2) is 0 Å². The summed E-state index contributed by atoms with van der Waals surface area (Å²) in [7, 11) is 0. The number of nitrogens with zero attached hydrogens (tertiary/aromatic N) is 3. The summed E-state index contributed by atoms with van der Waals surface area (Å²) in [4.78, 5) is 2.38. The van der Waals surface area contributed by atoms with E-state index >= 15 is 0 Å². The fourth-order valence-corrected chi connectivity index (χ4v) is 2.75. The van der Waals surface area contributed by atoms with Crippen molar-refractivity contribution in [3.63, 3.8) is 0 Å². The fraction of sp³-hybridized carbons (Fsp3) is 0.167. The standard InChI is InChI=1S/C18H18N6/c19-9-17(18(20)21)23-22-16-7-6-14-11-24(12-15(14)8-16)10-13-4-2-1-3-5-13/h1-8,22H,10-12H2,(H3,20,21)/b23-17+. The summed E-state index contributed by atoms with van der Waals surface area (Å²) >= 11 is 0. The average Bonchev–Trinajstić information content (AvgIpc) is 2.97. The summed E-state index contributed by atoms with van der Waals surface area (Å²) in [6.07, 6.45) is 0. The summed E-state index contributed by atoms with van der Waals surface area (Å²) in [5, 5.41) is 20.0. The first kappa shape index (κ1) is 15.7. The van der Waals surface area contributed by atoms with Crippen LogP contribution in [0.25, 0.3) is 0 Å². The molecule has 24 heavy (non-hydrogen) atoms. The second-order valence-corrected chi connectivity index (χ2v) is 5.71. The molecule has 0 spiro atoms. The zero-order chi connectivity index (χ0) is 16.9. The van der Waals surface area contributed by atoms with Gasteiger partial charge in [0.2, 0.25) is 5.71 Å². The molecule has 1 aliphatic rings. The Bertz CT molecular complexity index is 819. The molecule has 0 aromatic heterocycles. The highest BCUT2D eigenvalue weighted by atomic mass is 15.3. The van der Waals surface area contributed by atoms with E-state index in [1.165, 1.54) is 16.7 Å². The minimum absolute atomic E-state index is 0.124. The first-order valence-corrected chi connectivity index (χ1v) is 7.62. The largest absolute Gasteiger partial charge is 0.382 e. The van der Waals surface area contributed by atoms with E-state index in [-0.39, 0.29) is 11.5 Å². The van der Waals surface area contributed by atoms with E-state index in [9.17, 15) is 0 Å². The number of benzene rings is 2. The third kappa shape index (κ3) is 3.59. The Balaban J connectivity index is 1.68. The van der Waals surface area contributed by atoms with Gasteiger partial charge in [-0.05, 0) is 28.8 Å². The van der Waals surface area contributed by atoms with Gasteiger partial charge in [-0.2, -0.15) is 10.4 Å². The number of nitriles is 1. The van der Waals surface area contributed by atoms with Gasteiger partial charge in [0.1, 0.15) is 6.07 Å². The van der Waals surface area contributed by atoms with Crippen LogP contribution in [-0.4, -0.2) is 16.4 Å². The first-order valence-electron chi connectivity index (χ1n) is 7.62. The van der Waals surface area contributed by atoms with Crippen LogP contribution in [0, 0.1) is 16.7 Å². The van der Waals surface area contributed by atoms with Crippen molar-refractivity contribution >= 4 is 17.2 Å². The smallest absolute Gasteiger partial charge is 0.201 e. The minimum atomic E-state index is -0.347. The van der Waals surface area contributed by atoms with Gasteiger partial charge < -0.3 is 5.73 Å². The molecule has 0 saturated carbocycles. The lowest BCUT2D eigenvalue weighted by Gasteiger charge is -2.14. The van der Waals surface area contributed by atoms with Gasteiger partial charge >= 0.3 is 0 Å². The molecular formula is C18H18N6. The van der Waals surface area contributed by atoms with Crippen LogP contribution in [-0.2, 0) is 19.6 Å². The Kier molecular flexibility index (Phi) is 4.54. The molecule has 0 atom stereocenters. The number of hydrazone groups is 1. The third-order valence-electron chi connectivity index (χ3n) is 3.90. The van der Waals surface area contributed by atoms with Crippen molar-refractivity contribution in [2.24, 2.45) is 10.8 Å². The molecule has 6 nitrogen and oxygen atoms in total. The zero-order valence-corrected chi connectivity index (χ0v) is 13.2. The van der Waals surface area contributed by atoms with E-state index in [4.69, 9.17) is 16.4 Å². The number of amidine groups is 1. The fourth-order valence-electron chi connectivity index (χ4n) is 2.75. The summed E-state index contributed by atoms with van der Waals surface area (Å²) in [6, 6.07) is 18.2. The van der Waals surface area contributed by atoms with Crippen molar-refractivity contribution in [1.82, 2.24) is 4.90 Å². The molecule has 2 aromatic rings. The summed E-state index contributed by atoms with van der Waals surface area (Å²) in [6.45, 7) is 2.71. The van der Waals surface area contributed by atoms with Crippen LogP contribution >= 0.6 is 0 Å². The van der Waals surface area contributed by atoms with Gasteiger partial charge in [0.05, 0.1) is 5.69 Å². The van der Waals surface area contributed by atoms with Gasteiger partial charge in [0.15, 0.2) is 5.84 Å². The van der Waals surface area contributed by atoms with Gasteiger partial charge in [-0.15, -0.1) is 0 Å². The summed E-state index contributed by atoms with van der Waals surface area (Å²) in [5.41, 5.74) is 12.6. The molecule has 4 N–H and O–H groups in total. The Hall–Kier alpha value is -3.17. The highest BCUT2D eigenvalue weighted by molar-refractivity contribution is 6.45. The van der Waals surface area contributed by atoms with Crippen molar-refractivity contribution in [1.29, 1.82) is 10.7 Å². The normalized spacial score (nSPS) is 14.0. The Labute approximate surface area is 140 Å². The van der Waals surface area contributed by atoms with Crippen molar-refractivity contribution in [2.45, 2.75) is 19.6 Å². The molecule has 120 valence electrons. The van der Waals surface area contributed by atoms with Crippen LogP contribution in [0.5, 0.6) is 0 Å². The third-order valence-corrected chi connectivity index (χ3v) is 3.90. The van der Waals surface area contributed by atoms with Crippen molar-refractivity contribution < 1.29 is 0 Å². The predicted octanol–water partition coefficient (Wildman–Crippen LogP) is 2.43. The number of nitrogens with one attached hydrogen (secondary N) is 2. The van der Waals surface area contributed by atoms with E-state index in [1.54, 1.807) is 6.07 Å². The van der Waals surface area contributed by atoms with Crippen LogP contribution in [0.2, 0.25) is 0 Å². The Morgan fingerprint density at radius 3 is 2.67 bits per heavy atom. The van der Waals surface area contributed by atoms with E-state index in [0.29, 0.717) is 0 Å². The molecule has 0 fully saturated rings. The van der Waals surface area contributed by atoms with Crippen LogP contribution in [0.3, 0.4) is 0 Å². The van der Waals surface area contributed by atoms with Crippen molar-refractivity contribution in [3.8, 4) is 6.07 Å². The lowest BCUT2D eigenvalue weighted by atomic mass is 10.1. The van der Waals surface area contributed by atoms with Crippen LogP contribution in [0.15, 0.2) is 53.6 Å². The molecular weight excluding hydrogens is 300 g/mol. The maximum atomic E-state index is 8.86. The van der Waals surface area contributed by atoms with Crippen LogP contribution in [0.1, 0.15) is 16.7 Å². The van der Waals surface area contributed by atoms with E-state index in [2.05, 4.69) is 45.8 Å². The first-order chi connectivity index (χ1) is 11.7. The number of hydrogen-bond acceptors (Lipinski definition) is 5. The molecule has 2 aromatic carbocycles. The molecule has 3 rings (SSSR count). The lowest BCUT2D eigenvalue weighted by molar-refractivity contribution is 0.275.